The van der Waals surface area contributed by atoms with Crippen molar-refractivity contribution in [2.45, 2.75) is 51.2 Å². The minimum atomic E-state index is 0. The molecule has 0 saturated carbocycles. The maximum absolute atomic E-state index is 5.71. The lowest BCUT2D eigenvalue weighted by Gasteiger charge is -2.23. The fourth-order valence-corrected chi connectivity index (χ4v) is 3.51. The van der Waals surface area contributed by atoms with E-state index in [2.05, 4.69) is 22.5 Å². The molecule has 0 amide bonds. The van der Waals surface area contributed by atoms with Gasteiger partial charge < -0.3 is 24.8 Å². The lowest BCUT2D eigenvalue weighted by atomic mass is 10.2. The van der Waals surface area contributed by atoms with Crippen molar-refractivity contribution < 1.29 is 14.2 Å². The Labute approximate surface area is 182 Å². The SMILES string of the molecule is CCNC(=NCC1CCCN1CCOC)NCCCOCC1CCCO1.I. The van der Waals surface area contributed by atoms with Gasteiger partial charge in [-0.1, -0.05) is 0 Å². The maximum atomic E-state index is 5.71. The number of rotatable bonds is 12. The Balaban J connectivity index is 0.00000364. The second-order valence-electron chi connectivity index (χ2n) is 7.03. The number of guanidine groups is 1. The summed E-state index contributed by atoms with van der Waals surface area (Å²) >= 11 is 0. The van der Waals surface area contributed by atoms with Crippen LogP contribution in [-0.2, 0) is 14.2 Å². The lowest BCUT2D eigenvalue weighted by Crippen LogP contribution is -2.40. The largest absolute Gasteiger partial charge is 0.383 e. The van der Waals surface area contributed by atoms with E-state index in [4.69, 9.17) is 19.2 Å². The molecule has 8 heteroatoms. The molecule has 2 heterocycles. The van der Waals surface area contributed by atoms with Crippen LogP contribution in [0.1, 0.15) is 39.0 Å². The third-order valence-corrected chi connectivity index (χ3v) is 4.97. The highest BCUT2D eigenvalue weighted by Crippen LogP contribution is 2.16. The van der Waals surface area contributed by atoms with Crippen molar-refractivity contribution in [3.05, 3.63) is 0 Å². The van der Waals surface area contributed by atoms with Crippen LogP contribution in [0.5, 0.6) is 0 Å². The van der Waals surface area contributed by atoms with Crippen LogP contribution in [0.2, 0.25) is 0 Å². The monoisotopic (exact) mass is 498 g/mol. The van der Waals surface area contributed by atoms with Crippen molar-refractivity contribution in [2.24, 2.45) is 4.99 Å². The van der Waals surface area contributed by atoms with E-state index in [1.54, 1.807) is 7.11 Å². The van der Waals surface area contributed by atoms with Gasteiger partial charge >= 0.3 is 0 Å². The molecule has 0 aromatic heterocycles. The van der Waals surface area contributed by atoms with Gasteiger partial charge in [-0.05, 0) is 45.6 Å². The zero-order valence-electron chi connectivity index (χ0n) is 17.1. The molecule has 2 atom stereocenters. The van der Waals surface area contributed by atoms with Crippen LogP contribution in [0, 0.1) is 0 Å². The summed E-state index contributed by atoms with van der Waals surface area (Å²) in [5.41, 5.74) is 0. The molecule has 2 saturated heterocycles. The van der Waals surface area contributed by atoms with E-state index in [0.717, 1.165) is 78.0 Å². The molecule has 0 aliphatic carbocycles. The van der Waals surface area contributed by atoms with Crippen molar-refractivity contribution in [1.29, 1.82) is 0 Å². The van der Waals surface area contributed by atoms with Gasteiger partial charge in [-0.3, -0.25) is 9.89 Å². The number of ether oxygens (including phenoxy) is 3. The van der Waals surface area contributed by atoms with Crippen molar-refractivity contribution >= 4 is 29.9 Å². The molecule has 0 radical (unpaired) electrons. The zero-order chi connectivity index (χ0) is 18.5. The van der Waals surface area contributed by atoms with Gasteiger partial charge in [-0.15, -0.1) is 24.0 Å². The third-order valence-electron chi connectivity index (χ3n) is 4.97. The summed E-state index contributed by atoms with van der Waals surface area (Å²) in [4.78, 5) is 7.28. The zero-order valence-corrected chi connectivity index (χ0v) is 19.4. The molecular weight excluding hydrogens is 459 g/mol. The number of methoxy groups -OCH3 is 1. The summed E-state index contributed by atoms with van der Waals surface area (Å²) in [7, 11) is 1.76. The van der Waals surface area contributed by atoms with E-state index in [1.165, 1.54) is 19.3 Å². The van der Waals surface area contributed by atoms with Crippen molar-refractivity contribution in [1.82, 2.24) is 15.5 Å². The number of nitrogens with zero attached hydrogens (tertiary/aromatic N) is 2. The number of hydrogen-bond donors (Lipinski definition) is 2. The predicted octanol–water partition coefficient (Wildman–Crippen LogP) is 1.86. The van der Waals surface area contributed by atoms with E-state index in [-0.39, 0.29) is 24.0 Å². The highest BCUT2D eigenvalue weighted by molar-refractivity contribution is 14.0. The van der Waals surface area contributed by atoms with Crippen LogP contribution in [0.4, 0.5) is 0 Å². The molecule has 0 aromatic rings. The minimum absolute atomic E-state index is 0. The standard InChI is InChI=1S/C19H38N4O3.HI/c1-3-20-19(21-9-6-12-25-16-18-8-5-13-26-18)22-15-17-7-4-10-23(17)11-14-24-2;/h17-18H,3-16H2,1-2H3,(H2,20,21,22);1H. The Hall–Kier alpha value is -0.160. The molecule has 0 bridgehead atoms. The highest BCUT2D eigenvalue weighted by atomic mass is 127. The van der Waals surface area contributed by atoms with Crippen LogP contribution in [0.15, 0.2) is 4.99 Å². The normalized spacial score (nSPS) is 23.4. The molecule has 27 heavy (non-hydrogen) atoms. The Morgan fingerprint density at radius 3 is 2.85 bits per heavy atom. The summed E-state index contributed by atoms with van der Waals surface area (Å²) in [5.74, 6) is 0.908. The lowest BCUT2D eigenvalue weighted by molar-refractivity contribution is 0.0168. The second-order valence-corrected chi connectivity index (χ2v) is 7.03. The van der Waals surface area contributed by atoms with Gasteiger partial charge in [-0.2, -0.15) is 0 Å². The molecule has 7 nitrogen and oxygen atoms in total. The average molecular weight is 498 g/mol. The summed E-state index contributed by atoms with van der Waals surface area (Å²) in [6, 6.07) is 0.537. The van der Waals surface area contributed by atoms with Crippen LogP contribution in [-0.4, -0.2) is 89.3 Å². The summed E-state index contributed by atoms with van der Waals surface area (Å²) in [6.45, 7) is 10.0. The summed E-state index contributed by atoms with van der Waals surface area (Å²) in [6.07, 6.45) is 6.08. The first-order chi connectivity index (χ1) is 12.8. The number of aliphatic imine (C=N–C) groups is 1. The molecule has 2 N–H and O–H groups in total. The van der Waals surface area contributed by atoms with Gasteiger partial charge in [0.05, 0.1) is 25.9 Å². The van der Waals surface area contributed by atoms with Crippen molar-refractivity contribution in [3.8, 4) is 0 Å². The highest BCUT2D eigenvalue weighted by Gasteiger charge is 2.23. The third kappa shape index (κ3) is 10.3. The van der Waals surface area contributed by atoms with Crippen molar-refractivity contribution in [3.63, 3.8) is 0 Å². The molecule has 0 spiro atoms. The predicted molar refractivity (Wildman–Crippen MR) is 120 cm³/mol. The minimum Gasteiger partial charge on any atom is -0.383 e. The summed E-state index contributed by atoms with van der Waals surface area (Å²) < 4.78 is 16.5. The van der Waals surface area contributed by atoms with E-state index in [1.807, 2.05) is 0 Å². The van der Waals surface area contributed by atoms with E-state index in [9.17, 15) is 0 Å². The Morgan fingerprint density at radius 1 is 1.22 bits per heavy atom. The first-order valence-electron chi connectivity index (χ1n) is 10.3. The van der Waals surface area contributed by atoms with Gasteiger partial charge in [0, 0.05) is 46.0 Å². The van der Waals surface area contributed by atoms with Gasteiger partial charge in [0.25, 0.3) is 0 Å². The quantitative estimate of drug-likeness (QED) is 0.185. The van der Waals surface area contributed by atoms with Crippen LogP contribution >= 0.6 is 24.0 Å². The van der Waals surface area contributed by atoms with E-state index < -0.39 is 0 Å². The van der Waals surface area contributed by atoms with Gasteiger partial charge in [-0.25, -0.2) is 0 Å². The fraction of sp³-hybridized carbons (Fsp3) is 0.947. The van der Waals surface area contributed by atoms with E-state index in [0.29, 0.717) is 12.1 Å². The molecule has 2 unspecified atom stereocenters. The number of nitrogens with one attached hydrogen (secondary N) is 2. The van der Waals surface area contributed by atoms with Gasteiger partial charge in [0.1, 0.15) is 0 Å². The topological polar surface area (TPSA) is 67.4 Å². The smallest absolute Gasteiger partial charge is 0.191 e. The van der Waals surface area contributed by atoms with Gasteiger partial charge in [0.2, 0.25) is 0 Å². The Morgan fingerprint density at radius 2 is 2.11 bits per heavy atom. The van der Waals surface area contributed by atoms with Gasteiger partial charge in [0.15, 0.2) is 5.96 Å². The summed E-state index contributed by atoms with van der Waals surface area (Å²) in [5, 5.41) is 6.75. The fourth-order valence-electron chi connectivity index (χ4n) is 3.51. The van der Waals surface area contributed by atoms with Crippen LogP contribution in [0.3, 0.4) is 0 Å². The molecule has 2 aliphatic heterocycles. The number of likely N-dealkylation sites (tertiary alicyclic amines) is 1. The molecule has 2 fully saturated rings. The first-order valence-corrected chi connectivity index (χ1v) is 10.3. The molecule has 2 aliphatic rings. The molecule has 160 valence electrons. The van der Waals surface area contributed by atoms with Crippen LogP contribution < -0.4 is 10.6 Å². The van der Waals surface area contributed by atoms with Crippen LogP contribution in [0.25, 0.3) is 0 Å². The average Bonchev–Trinajstić information content (AvgIpc) is 3.32. The van der Waals surface area contributed by atoms with Crippen molar-refractivity contribution in [2.75, 3.05) is 66.3 Å². The molecular formula is C19H39IN4O3. The number of halogens is 1. The maximum Gasteiger partial charge on any atom is 0.191 e. The Kier molecular flexibility index (Phi) is 14.5. The first kappa shape index (κ1) is 24.9. The molecule has 0 aromatic carbocycles. The number of hydrogen-bond acceptors (Lipinski definition) is 5. The second kappa shape index (κ2) is 15.7. The Bertz CT molecular complexity index is 395. The molecule has 2 rings (SSSR count). The van der Waals surface area contributed by atoms with E-state index >= 15 is 0 Å².